The molecule has 6 nitrogen and oxygen atoms in total. The number of hydrogen-bond donors (Lipinski definition) is 0. The van der Waals surface area contributed by atoms with Gasteiger partial charge in [0.25, 0.3) is 5.91 Å². The highest BCUT2D eigenvalue weighted by molar-refractivity contribution is 5.92. The first-order valence-electron chi connectivity index (χ1n) is 5.66. The average Bonchev–Trinajstić information content (AvgIpc) is 2.39. The highest BCUT2D eigenvalue weighted by Crippen LogP contribution is 2.25. The Morgan fingerprint density at radius 1 is 1.17 bits per heavy atom. The fourth-order valence-electron chi connectivity index (χ4n) is 1.95. The van der Waals surface area contributed by atoms with E-state index >= 15 is 0 Å². The molecular formula is C12H11N5O. The summed E-state index contributed by atoms with van der Waals surface area (Å²) in [5.74, 6) is 0.224. The maximum atomic E-state index is 12.0. The quantitative estimate of drug-likeness (QED) is 0.765. The van der Waals surface area contributed by atoms with Crippen molar-refractivity contribution in [1.82, 2.24) is 24.8 Å². The molecule has 0 atom stereocenters. The minimum Gasteiger partial charge on any atom is -0.336 e. The normalized spacial score (nSPS) is 15.2. The van der Waals surface area contributed by atoms with Crippen LogP contribution >= 0.6 is 0 Å². The molecule has 0 radical (unpaired) electrons. The SMILES string of the molecule is O=C(c1cnccn1)N1CC(c2ccncn2)C1. The molecule has 0 unspecified atom stereocenters. The van der Waals surface area contributed by atoms with Crippen molar-refractivity contribution in [2.75, 3.05) is 13.1 Å². The van der Waals surface area contributed by atoms with Gasteiger partial charge in [0.1, 0.15) is 12.0 Å². The van der Waals surface area contributed by atoms with E-state index in [0.29, 0.717) is 24.7 Å². The van der Waals surface area contributed by atoms with Gasteiger partial charge in [0.2, 0.25) is 0 Å². The van der Waals surface area contributed by atoms with Crippen LogP contribution in [0.1, 0.15) is 22.1 Å². The smallest absolute Gasteiger partial charge is 0.274 e. The Hall–Kier alpha value is -2.37. The van der Waals surface area contributed by atoms with Gasteiger partial charge >= 0.3 is 0 Å². The predicted octanol–water partition coefficient (Wildman–Crippen LogP) is 0.506. The lowest BCUT2D eigenvalue weighted by Gasteiger charge is -2.38. The fourth-order valence-corrected chi connectivity index (χ4v) is 1.95. The van der Waals surface area contributed by atoms with Crippen molar-refractivity contribution in [2.45, 2.75) is 5.92 Å². The molecule has 18 heavy (non-hydrogen) atoms. The molecule has 2 aromatic rings. The highest BCUT2D eigenvalue weighted by atomic mass is 16.2. The van der Waals surface area contributed by atoms with Gasteiger partial charge < -0.3 is 4.90 Å². The summed E-state index contributed by atoms with van der Waals surface area (Å²) in [6.45, 7) is 1.35. The Labute approximate surface area is 104 Å². The maximum Gasteiger partial charge on any atom is 0.274 e. The van der Waals surface area contributed by atoms with E-state index in [1.807, 2.05) is 6.07 Å². The zero-order chi connectivity index (χ0) is 12.4. The lowest BCUT2D eigenvalue weighted by atomic mass is 9.96. The highest BCUT2D eigenvalue weighted by Gasteiger charge is 2.33. The molecule has 90 valence electrons. The van der Waals surface area contributed by atoms with Gasteiger partial charge in [0.15, 0.2) is 0 Å². The van der Waals surface area contributed by atoms with Crippen LogP contribution < -0.4 is 0 Å². The second kappa shape index (κ2) is 4.48. The van der Waals surface area contributed by atoms with Crippen LogP contribution in [0.3, 0.4) is 0 Å². The summed E-state index contributed by atoms with van der Waals surface area (Å²) in [6, 6.07) is 1.88. The molecule has 2 aromatic heterocycles. The Morgan fingerprint density at radius 3 is 2.72 bits per heavy atom. The molecule has 6 heteroatoms. The fraction of sp³-hybridized carbons (Fsp3) is 0.250. The van der Waals surface area contributed by atoms with Crippen molar-refractivity contribution >= 4 is 5.91 Å². The lowest BCUT2D eigenvalue weighted by Crippen LogP contribution is -2.48. The number of carbonyl (C=O) groups is 1. The van der Waals surface area contributed by atoms with E-state index in [-0.39, 0.29) is 5.91 Å². The number of aromatic nitrogens is 4. The van der Waals surface area contributed by atoms with Crippen molar-refractivity contribution in [3.8, 4) is 0 Å². The van der Waals surface area contributed by atoms with Gasteiger partial charge in [-0.3, -0.25) is 9.78 Å². The molecule has 0 saturated carbocycles. The van der Waals surface area contributed by atoms with Gasteiger partial charge in [-0.2, -0.15) is 0 Å². The molecule has 0 aromatic carbocycles. The van der Waals surface area contributed by atoms with Crippen molar-refractivity contribution in [2.24, 2.45) is 0 Å². The van der Waals surface area contributed by atoms with Crippen LogP contribution in [0.25, 0.3) is 0 Å². The minimum absolute atomic E-state index is 0.0755. The van der Waals surface area contributed by atoms with E-state index in [4.69, 9.17) is 0 Å². The van der Waals surface area contributed by atoms with E-state index in [2.05, 4.69) is 19.9 Å². The predicted molar refractivity (Wildman–Crippen MR) is 62.7 cm³/mol. The third kappa shape index (κ3) is 1.92. The van der Waals surface area contributed by atoms with E-state index in [1.165, 1.54) is 18.7 Å². The molecule has 1 aliphatic heterocycles. The molecule has 1 fully saturated rings. The molecule has 0 aliphatic carbocycles. The second-order valence-electron chi connectivity index (χ2n) is 4.13. The summed E-state index contributed by atoms with van der Waals surface area (Å²) >= 11 is 0. The Bertz CT molecular complexity index is 539. The Morgan fingerprint density at radius 2 is 2.06 bits per heavy atom. The zero-order valence-corrected chi connectivity index (χ0v) is 9.60. The van der Waals surface area contributed by atoms with Gasteiger partial charge in [-0.15, -0.1) is 0 Å². The summed E-state index contributed by atoms with van der Waals surface area (Å²) in [4.78, 5) is 29.7. The minimum atomic E-state index is -0.0755. The van der Waals surface area contributed by atoms with Crippen LogP contribution in [0, 0.1) is 0 Å². The topological polar surface area (TPSA) is 71.9 Å². The summed E-state index contributed by atoms with van der Waals surface area (Å²) in [5, 5.41) is 0. The number of rotatable bonds is 2. The number of nitrogens with zero attached hydrogens (tertiary/aromatic N) is 5. The van der Waals surface area contributed by atoms with E-state index in [9.17, 15) is 4.79 Å². The summed E-state index contributed by atoms with van der Waals surface area (Å²) in [6.07, 6.45) is 7.81. The summed E-state index contributed by atoms with van der Waals surface area (Å²) in [7, 11) is 0. The largest absolute Gasteiger partial charge is 0.336 e. The number of amides is 1. The average molecular weight is 241 g/mol. The third-order valence-corrected chi connectivity index (χ3v) is 2.97. The first-order chi connectivity index (χ1) is 8.84. The molecular weight excluding hydrogens is 230 g/mol. The van der Waals surface area contributed by atoms with E-state index in [1.54, 1.807) is 17.3 Å². The van der Waals surface area contributed by atoms with Crippen molar-refractivity contribution < 1.29 is 4.79 Å². The van der Waals surface area contributed by atoms with Crippen LogP contribution in [0.5, 0.6) is 0 Å². The van der Waals surface area contributed by atoms with E-state index in [0.717, 1.165) is 5.69 Å². The van der Waals surface area contributed by atoms with Crippen LogP contribution in [-0.2, 0) is 0 Å². The molecule has 0 N–H and O–H groups in total. The van der Waals surface area contributed by atoms with Gasteiger partial charge in [0, 0.05) is 37.6 Å². The zero-order valence-electron chi connectivity index (χ0n) is 9.60. The van der Waals surface area contributed by atoms with Crippen LogP contribution in [0.4, 0.5) is 0 Å². The molecule has 3 heterocycles. The van der Waals surface area contributed by atoms with Crippen LogP contribution in [-0.4, -0.2) is 43.8 Å². The number of hydrogen-bond acceptors (Lipinski definition) is 5. The molecule has 1 aliphatic rings. The Balaban J connectivity index is 1.65. The second-order valence-corrected chi connectivity index (χ2v) is 4.13. The maximum absolute atomic E-state index is 12.0. The summed E-state index contributed by atoms with van der Waals surface area (Å²) in [5.41, 5.74) is 1.37. The number of carbonyl (C=O) groups excluding carboxylic acids is 1. The first-order valence-corrected chi connectivity index (χ1v) is 5.66. The van der Waals surface area contributed by atoms with Gasteiger partial charge in [-0.25, -0.2) is 15.0 Å². The molecule has 0 spiro atoms. The van der Waals surface area contributed by atoms with Crippen LogP contribution in [0.2, 0.25) is 0 Å². The lowest BCUT2D eigenvalue weighted by molar-refractivity contribution is 0.0592. The van der Waals surface area contributed by atoms with Crippen molar-refractivity contribution in [3.05, 3.63) is 48.6 Å². The Kier molecular flexibility index (Phi) is 2.68. The summed E-state index contributed by atoms with van der Waals surface area (Å²) < 4.78 is 0. The standard InChI is InChI=1S/C12H11N5O/c18-12(11-5-13-3-4-15-11)17-6-9(7-17)10-1-2-14-8-16-10/h1-5,8-9H,6-7H2. The third-order valence-electron chi connectivity index (χ3n) is 2.97. The molecule has 3 rings (SSSR count). The van der Waals surface area contributed by atoms with Crippen molar-refractivity contribution in [1.29, 1.82) is 0 Å². The molecule has 1 saturated heterocycles. The van der Waals surface area contributed by atoms with E-state index < -0.39 is 0 Å². The van der Waals surface area contributed by atoms with Gasteiger partial charge in [0.05, 0.1) is 11.9 Å². The molecule has 1 amide bonds. The monoisotopic (exact) mass is 241 g/mol. The van der Waals surface area contributed by atoms with Crippen LogP contribution in [0.15, 0.2) is 37.2 Å². The number of likely N-dealkylation sites (tertiary alicyclic amines) is 1. The van der Waals surface area contributed by atoms with Crippen molar-refractivity contribution in [3.63, 3.8) is 0 Å². The van der Waals surface area contributed by atoms with Gasteiger partial charge in [-0.1, -0.05) is 0 Å². The van der Waals surface area contributed by atoms with Gasteiger partial charge in [-0.05, 0) is 6.07 Å². The first kappa shape index (κ1) is 10.8. The molecule has 0 bridgehead atoms.